The molecule has 2 heteroatoms. The van der Waals surface area contributed by atoms with Crippen molar-refractivity contribution >= 4 is 5.84 Å². The molecule has 0 unspecified atom stereocenters. The molecule has 23 heavy (non-hydrogen) atoms. The van der Waals surface area contributed by atoms with E-state index in [1.165, 1.54) is 95.7 Å². The molecule has 0 saturated heterocycles. The molecular formula is C21H42N2. The summed E-state index contributed by atoms with van der Waals surface area (Å²) in [6.07, 6.45) is 19.9. The Hall–Kier alpha value is -0.530. The molecule has 0 fully saturated rings. The molecule has 0 saturated carbocycles. The van der Waals surface area contributed by atoms with Gasteiger partial charge in [-0.15, -0.1) is 0 Å². The standard InChI is InChI=1S/C21H42N2/c1-4-5-6-7-8-9-10-11-12-13-14-15-16-17-21(2,3)20-22-18-19-23-20/h4-19H2,1-3H3,(H,22,23). The van der Waals surface area contributed by atoms with Crippen LogP contribution in [0.1, 0.15) is 111 Å². The van der Waals surface area contributed by atoms with Gasteiger partial charge in [0.1, 0.15) is 5.84 Å². The van der Waals surface area contributed by atoms with Gasteiger partial charge in [0.2, 0.25) is 0 Å². The van der Waals surface area contributed by atoms with Gasteiger partial charge in [-0.05, 0) is 6.42 Å². The summed E-state index contributed by atoms with van der Waals surface area (Å²) in [7, 11) is 0. The molecule has 136 valence electrons. The molecule has 0 atom stereocenters. The average molecular weight is 323 g/mol. The quantitative estimate of drug-likeness (QED) is 0.342. The lowest BCUT2D eigenvalue weighted by molar-refractivity contribution is 0.429. The lowest BCUT2D eigenvalue weighted by Crippen LogP contribution is -2.33. The van der Waals surface area contributed by atoms with Crippen molar-refractivity contribution in [2.75, 3.05) is 13.1 Å². The highest BCUT2D eigenvalue weighted by Gasteiger charge is 2.26. The van der Waals surface area contributed by atoms with E-state index >= 15 is 0 Å². The fourth-order valence-corrected chi connectivity index (χ4v) is 3.55. The van der Waals surface area contributed by atoms with Crippen LogP contribution in [-0.2, 0) is 0 Å². The highest BCUT2D eigenvalue weighted by atomic mass is 15.1. The molecule has 0 aromatic carbocycles. The largest absolute Gasteiger partial charge is 0.372 e. The first-order valence-corrected chi connectivity index (χ1v) is 10.5. The van der Waals surface area contributed by atoms with Crippen molar-refractivity contribution in [2.24, 2.45) is 10.4 Å². The van der Waals surface area contributed by atoms with Crippen molar-refractivity contribution in [3.8, 4) is 0 Å². The normalized spacial score (nSPS) is 14.8. The maximum Gasteiger partial charge on any atom is 0.102 e. The maximum atomic E-state index is 4.59. The second-order valence-electron chi connectivity index (χ2n) is 8.03. The lowest BCUT2D eigenvalue weighted by atomic mass is 9.85. The number of rotatable bonds is 15. The number of hydrogen-bond acceptors (Lipinski definition) is 2. The summed E-state index contributed by atoms with van der Waals surface area (Å²) < 4.78 is 0. The zero-order valence-electron chi connectivity index (χ0n) is 16.3. The van der Waals surface area contributed by atoms with Crippen LogP contribution in [0.3, 0.4) is 0 Å². The first-order chi connectivity index (χ1) is 11.2. The molecule has 2 nitrogen and oxygen atoms in total. The summed E-state index contributed by atoms with van der Waals surface area (Å²) >= 11 is 0. The topological polar surface area (TPSA) is 24.4 Å². The Balaban J connectivity index is 1.83. The Kier molecular flexibility index (Phi) is 11.5. The molecule has 0 aliphatic carbocycles. The van der Waals surface area contributed by atoms with Crippen LogP contribution in [0.2, 0.25) is 0 Å². The van der Waals surface area contributed by atoms with Crippen LogP contribution in [-0.4, -0.2) is 18.9 Å². The maximum absolute atomic E-state index is 4.59. The van der Waals surface area contributed by atoms with Crippen molar-refractivity contribution in [1.29, 1.82) is 0 Å². The Labute approximate surface area is 145 Å². The van der Waals surface area contributed by atoms with Gasteiger partial charge in [0.15, 0.2) is 0 Å². The van der Waals surface area contributed by atoms with Gasteiger partial charge in [-0.25, -0.2) is 0 Å². The number of unbranched alkanes of at least 4 members (excludes halogenated alkanes) is 12. The van der Waals surface area contributed by atoms with Crippen LogP contribution in [0, 0.1) is 5.41 Å². The van der Waals surface area contributed by atoms with Crippen LogP contribution in [0.4, 0.5) is 0 Å². The first kappa shape index (κ1) is 20.5. The van der Waals surface area contributed by atoms with Crippen molar-refractivity contribution < 1.29 is 0 Å². The van der Waals surface area contributed by atoms with Crippen molar-refractivity contribution in [1.82, 2.24) is 5.32 Å². The summed E-state index contributed by atoms with van der Waals surface area (Å²) in [4.78, 5) is 4.59. The van der Waals surface area contributed by atoms with Gasteiger partial charge >= 0.3 is 0 Å². The van der Waals surface area contributed by atoms with Crippen LogP contribution in [0.5, 0.6) is 0 Å². The summed E-state index contributed by atoms with van der Waals surface area (Å²) in [5.41, 5.74) is 0.258. The molecule has 1 aliphatic heterocycles. The second-order valence-corrected chi connectivity index (χ2v) is 8.03. The number of nitrogens with one attached hydrogen (secondary N) is 1. The summed E-state index contributed by atoms with van der Waals surface area (Å²) in [6, 6.07) is 0. The molecule has 0 bridgehead atoms. The Morgan fingerprint density at radius 2 is 1.26 bits per heavy atom. The van der Waals surface area contributed by atoms with Crippen molar-refractivity contribution in [2.45, 2.75) is 111 Å². The van der Waals surface area contributed by atoms with Crippen LogP contribution in [0.15, 0.2) is 4.99 Å². The van der Waals surface area contributed by atoms with Crippen LogP contribution in [0.25, 0.3) is 0 Å². The van der Waals surface area contributed by atoms with E-state index in [1.54, 1.807) is 0 Å². The molecule has 0 spiro atoms. The fourth-order valence-electron chi connectivity index (χ4n) is 3.55. The highest BCUT2D eigenvalue weighted by molar-refractivity contribution is 5.88. The van der Waals surface area contributed by atoms with E-state index in [9.17, 15) is 0 Å². The molecule has 1 rings (SSSR count). The first-order valence-electron chi connectivity index (χ1n) is 10.5. The number of nitrogens with zero attached hydrogens (tertiary/aromatic N) is 1. The van der Waals surface area contributed by atoms with E-state index in [4.69, 9.17) is 0 Å². The van der Waals surface area contributed by atoms with E-state index in [1.807, 2.05) is 0 Å². The van der Waals surface area contributed by atoms with Gasteiger partial charge in [-0.2, -0.15) is 0 Å². The molecule has 0 aromatic heterocycles. The Morgan fingerprint density at radius 3 is 1.70 bits per heavy atom. The fraction of sp³-hybridized carbons (Fsp3) is 0.952. The van der Waals surface area contributed by atoms with Crippen LogP contribution >= 0.6 is 0 Å². The Bertz CT molecular complexity index is 307. The van der Waals surface area contributed by atoms with Gasteiger partial charge in [-0.1, -0.05) is 104 Å². The molecule has 1 heterocycles. The van der Waals surface area contributed by atoms with E-state index in [0.717, 1.165) is 13.1 Å². The van der Waals surface area contributed by atoms with Crippen molar-refractivity contribution in [3.63, 3.8) is 0 Å². The van der Waals surface area contributed by atoms with Crippen molar-refractivity contribution in [3.05, 3.63) is 0 Å². The number of amidine groups is 1. The zero-order valence-corrected chi connectivity index (χ0v) is 16.3. The van der Waals surface area contributed by atoms with Gasteiger partial charge in [0, 0.05) is 12.0 Å². The molecule has 1 N–H and O–H groups in total. The predicted molar refractivity (Wildman–Crippen MR) is 104 cm³/mol. The molecule has 0 radical (unpaired) electrons. The minimum atomic E-state index is 0.258. The molecule has 0 aromatic rings. The predicted octanol–water partition coefficient (Wildman–Crippen LogP) is 6.50. The van der Waals surface area contributed by atoms with E-state index in [-0.39, 0.29) is 5.41 Å². The molecule has 1 aliphatic rings. The minimum Gasteiger partial charge on any atom is -0.372 e. The smallest absolute Gasteiger partial charge is 0.102 e. The number of hydrogen-bond donors (Lipinski definition) is 1. The SMILES string of the molecule is CCCCCCCCCCCCCCCC(C)(C)C1=NCCN1. The highest BCUT2D eigenvalue weighted by Crippen LogP contribution is 2.26. The van der Waals surface area contributed by atoms with Gasteiger partial charge in [-0.3, -0.25) is 4.99 Å². The zero-order chi connectivity index (χ0) is 16.8. The monoisotopic (exact) mass is 322 g/mol. The van der Waals surface area contributed by atoms with E-state index in [0.29, 0.717) is 0 Å². The minimum absolute atomic E-state index is 0.258. The van der Waals surface area contributed by atoms with Gasteiger partial charge in [0.05, 0.1) is 6.54 Å². The third kappa shape index (κ3) is 10.0. The second kappa shape index (κ2) is 12.8. The van der Waals surface area contributed by atoms with E-state index < -0.39 is 0 Å². The van der Waals surface area contributed by atoms with Gasteiger partial charge < -0.3 is 5.32 Å². The number of aliphatic imine (C=N–C) groups is 1. The van der Waals surface area contributed by atoms with E-state index in [2.05, 4.69) is 31.1 Å². The third-order valence-electron chi connectivity index (χ3n) is 5.22. The molecular weight excluding hydrogens is 280 g/mol. The summed E-state index contributed by atoms with van der Waals surface area (Å²) in [6.45, 7) is 8.98. The Morgan fingerprint density at radius 1 is 0.783 bits per heavy atom. The molecule has 0 amide bonds. The summed E-state index contributed by atoms with van der Waals surface area (Å²) in [5.74, 6) is 1.25. The summed E-state index contributed by atoms with van der Waals surface area (Å²) in [5, 5.41) is 3.44. The van der Waals surface area contributed by atoms with Crippen LogP contribution < -0.4 is 5.32 Å². The third-order valence-corrected chi connectivity index (χ3v) is 5.22. The van der Waals surface area contributed by atoms with Gasteiger partial charge in [0.25, 0.3) is 0 Å². The average Bonchev–Trinajstić information content (AvgIpc) is 3.07. The lowest BCUT2D eigenvalue weighted by Gasteiger charge is -2.25.